The minimum absolute atomic E-state index is 0.179. The Bertz CT molecular complexity index is 793. The molecule has 0 fully saturated rings. The van der Waals surface area contributed by atoms with Gasteiger partial charge < -0.3 is 5.11 Å². The highest BCUT2D eigenvalue weighted by molar-refractivity contribution is 7.85. The van der Waals surface area contributed by atoms with Gasteiger partial charge in [-0.25, -0.2) is 4.79 Å². The summed E-state index contributed by atoms with van der Waals surface area (Å²) < 4.78 is 33.8. The van der Waals surface area contributed by atoms with Gasteiger partial charge in [0.15, 0.2) is 5.71 Å². The van der Waals surface area contributed by atoms with E-state index in [1.165, 1.54) is 12.1 Å². The maximum Gasteiger partial charge on any atom is 0.373 e. The van der Waals surface area contributed by atoms with E-state index in [1.807, 2.05) is 27.7 Å². The minimum Gasteiger partial charge on any atom is -0.476 e. The van der Waals surface area contributed by atoms with Gasteiger partial charge in [-0.05, 0) is 32.4 Å². The molecule has 0 aromatic heterocycles. The molecule has 1 aliphatic heterocycles. The Morgan fingerprint density at radius 1 is 1.35 bits per heavy atom. The molecular weight excluding hydrogens is 318 g/mol. The van der Waals surface area contributed by atoms with Gasteiger partial charge in [-0.2, -0.15) is 13.0 Å². The van der Waals surface area contributed by atoms with Crippen LogP contribution in [0.2, 0.25) is 0 Å². The van der Waals surface area contributed by atoms with Crippen LogP contribution in [0.15, 0.2) is 23.1 Å². The number of hydrogen-bond donors (Lipinski definition) is 2. The van der Waals surface area contributed by atoms with E-state index in [9.17, 15) is 22.9 Å². The van der Waals surface area contributed by atoms with Crippen LogP contribution in [-0.4, -0.2) is 40.4 Å². The summed E-state index contributed by atoms with van der Waals surface area (Å²) in [5.74, 6) is -0.909. The van der Waals surface area contributed by atoms with E-state index >= 15 is 0 Å². The van der Waals surface area contributed by atoms with Gasteiger partial charge in [0.1, 0.15) is 0 Å². The summed E-state index contributed by atoms with van der Waals surface area (Å²) in [6.07, 6.45) is 1.21. The average Bonchev–Trinajstić information content (AvgIpc) is 2.63. The number of carboxylic acid groups (broad SMARTS) is 1. The number of carboxylic acids is 1. The van der Waals surface area contributed by atoms with E-state index in [0.717, 1.165) is 12.1 Å². The molecule has 23 heavy (non-hydrogen) atoms. The molecule has 2 N–H and O–H groups in total. The van der Waals surface area contributed by atoms with E-state index in [1.54, 1.807) is 10.6 Å². The minimum atomic E-state index is -4.30. The Balaban J connectivity index is 2.70. The molecule has 0 bridgehead atoms. The number of carbonyl (C=O) groups is 1. The zero-order valence-corrected chi connectivity index (χ0v) is 14.5. The zero-order valence-electron chi connectivity index (χ0n) is 13.7. The van der Waals surface area contributed by atoms with Crippen molar-refractivity contribution in [2.75, 3.05) is 0 Å². The molecule has 1 atom stereocenters. The third kappa shape index (κ3) is 2.90. The van der Waals surface area contributed by atoms with Crippen molar-refractivity contribution in [1.82, 2.24) is 0 Å². The molecule has 0 saturated heterocycles. The highest BCUT2D eigenvalue weighted by Gasteiger charge is 2.47. The van der Waals surface area contributed by atoms with Crippen LogP contribution in [0, 0.1) is 0 Å². The summed E-state index contributed by atoms with van der Waals surface area (Å²) >= 11 is 0. The largest absolute Gasteiger partial charge is 0.476 e. The highest BCUT2D eigenvalue weighted by atomic mass is 32.2. The van der Waals surface area contributed by atoms with Crippen molar-refractivity contribution in [1.29, 1.82) is 0 Å². The van der Waals surface area contributed by atoms with Crippen LogP contribution < -0.4 is 0 Å². The Morgan fingerprint density at radius 3 is 2.43 bits per heavy atom. The van der Waals surface area contributed by atoms with E-state index in [2.05, 4.69) is 0 Å². The normalized spacial score (nSPS) is 18.0. The topological polar surface area (TPSA) is 94.7 Å². The lowest BCUT2D eigenvalue weighted by Gasteiger charge is -2.15. The monoisotopic (exact) mass is 340 g/mol. The van der Waals surface area contributed by atoms with Crippen LogP contribution in [0.5, 0.6) is 0 Å². The number of rotatable bonds is 5. The Hall–Kier alpha value is -1.73. The lowest BCUT2D eigenvalue weighted by atomic mass is 9.82. The third-order valence-electron chi connectivity index (χ3n) is 4.62. The van der Waals surface area contributed by atoms with Crippen LogP contribution in [0.1, 0.15) is 46.1 Å². The van der Waals surface area contributed by atoms with E-state index < -0.39 is 27.5 Å². The van der Waals surface area contributed by atoms with Gasteiger partial charge in [0.2, 0.25) is 5.69 Å². The first-order valence-electron chi connectivity index (χ1n) is 7.50. The number of fused-ring (bicyclic) bond motifs is 1. The molecule has 0 saturated carbocycles. The van der Waals surface area contributed by atoms with Crippen LogP contribution in [0.25, 0.3) is 0 Å². The van der Waals surface area contributed by atoms with Gasteiger partial charge in [0.25, 0.3) is 16.2 Å². The Labute approximate surface area is 136 Å². The van der Waals surface area contributed by atoms with Gasteiger partial charge in [0, 0.05) is 25.0 Å². The Kier molecular flexibility index (Phi) is 4.38. The molecule has 1 aromatic carbocycles. The average molecular weight is 340 g/mol. The van der Waals surface area contributed by atoms with Crippen molar-refractivity contribution in [2.24, 2.45) is 0 Å². The first kappa shape index (κ1) is 17.6. The maximum atomic E-state index is 11.7. The smallest absolute Gasteiger partial charge is 0.373 e. The molecule has 2 rings (SSSR count). The lowest BCUT2D eigenvalue weighted by molar-refractivity contribution is -0.472. The Morgan fingerprint density at radius 2 is 1.96 bits per heavy atom. The number of aliphatic carboxylic acids is 1. The molecule has 1 heterocycles. The molecule has 0 spiro atoms. The van der Waals surface area contributed by atoms with Crippen molar-refractivity contribution in [3.05, 3.63) is 23.8 Å². The predicted molar refractivity (Wildman–Crippen MR) is 86.2 cm³/mol. The fourth-order valence-electron chi connectivity index (χ4n) is 3.10. The fourth-order valence-corrected chi connectivity index (χ4v) is 3.61. The van der Waals surface area contributed by atoms with Crippen molar-refractivity contribution >= 4 is 27.5 Å². The second-order valence-corrected chi connectivity index (χ2v) is 7.80. The molecule has 1 aliphatic rings. The molecule has 7 heteroatoms. The third-order valence-corrected chi connectivity index (χ3v) is 5.47. The van der Waals surface area contributed by atoms with Gasteiger partial charge in [-0.1, -0.05) is 6.92 Å². The maximum absolute atomic E-state index is 11.7. The van der Waals surface area contributed by atoms with Gasteiger partial charge in [0.05, 0.1) is 10.3 Å². The summed E-state index contributed by atoms with van der Waals surface area (Å²) in [4.78, 5) is 11.5. The van der Waals surface area contributed by atoms with Gasteiger partial charge in [-0.3, -0.25) is 4.55 Å². The fraction of sp³-hybridized carbons (Fsp3) is 0.500. The summed E-state index contributed by atoms with van der Waals surface area (Å²) in [7, 11) is -4.30. The van der Waals surface area contributed by atoms with E-state index in [-0.39, 0.29) is 4.90 Å². The van der Waals surface area contributed by atoms with Crippen molar-refractivity contribution in [3.63, 3.8) is 0 Å². The zero-order chi connectivity index (χ0) is 17.6. The second kappa shape index (κ2) is 5.72. The van der Waals surface area contributed by atoms with E-state index in [4.69, 9.17) is 0 Å². The summed E-state index contributed by atoms with van der Waals surface area (Å²) in [6.45, 7) is 7.62. The molecular formula is C16H22NO5S+. The van der Waals surface area contributed by atoms with E-state index in [0.29, 0.717) is 17.7 Å². The summed E-state index contributed by atoms with van der Waals surface area (Å²) in [5.41, 5.74) is 1.71. The molecule has 126 valence electrons. The van der Waals surface area contributed by atoms with Crippen molar-refractivity contribution in [2.45, 2.75) is 56.9 Å². The lowest BCUT2D eigenvalue weighted by Crippen LogP contribution is -2.35. The van der Waals surface area contributed by atoms with Gasteiger partial charge >= 0.3 is 5.97 Å². The molecule has 1 aromatic rings. The first-order valence-corrected chi connectivity index (χ1v) is 8.94. The van der Waals surface area contributed by atoms with Crippen molar-refractivity contribution in [3.8, 4) is 0 Å². The number of hydrogen-bond acceptors (Lipinski definition) is 3. The highest BCUT2D eigenvalue weighted by Crippen LogP contribution is 2.42. The molecule has 6 nitrogen and oxygen atoms in total. The van der Waals surface area contributed by atoms with Crippen LogP contribution >= 0.6 is 0 Å². The number of nitrogens with zero attached hydrogens (tertiary/aromatic N) is 1. The molecule has 0 amide bonds. The summed E-state index contributed by atoms with van der Waals surface area (Å²) in [6, 6.07) is 3.61. The van der Waals surface area contributed by atoms with Crippen LogP contribution in [0.3, 0.4) is 0 Å². The second-order valence-electron chi connectivity index (χ2n) is 6.38. The number of benzene rings is 1. The quantitative estimate of drug-likeness (QED) is 0.634. The van der Waals surface area contributed by atoms with Crippen LogP contribution in [-0.2, 0) is 20.3 Å². The predicted octanol–water partition coefficient (Wildman–Crippen LogP) is 2.58. The van der Waals surface area contributed by atoms with Gasteiger partial charge in [-0.15, -0.1) is 0 Å². The standard InChI is InChI=1S/C16H21NO5S/c1-5-6-14(15(18)19)17-10(2)16(3,4)12-9-11(23(20,21)22)7-8-13(12)17/h7-9,14H,5-6H2,1-4H3,(H-,18,19,20,21,22)/p+1. The molecule has 1 unspecified atom stereocenters. The summed E-state index contributed by atoms with van der Waals surface area (Å²) in [5, 5.41) is 9.57. The van der Waals surface area contributed by atoms with Crippen LogP contribution in [0.4, 0.5) is 5.69 Å². The molecule has 0 aliphatic carbocycles. The SMILES string of the molecule is CCCC(C(=O)O)[N+]1=C(C)C(C)(C)c2cc(S(=O)(=O)O)ccc21. The first-order chi connectivity index (χ1) is 10.5. The van der Waals surface area contributed by atoms with Crippen molar-refractivity contribution < 1.29 is 27.4 Å². The molecule has 0 radical (unpaired) electrons.